The number of benzene rings is 1. The van der Waals surface area contributed by atoms with Crippen molar-refractivity contribution >= 4 is 28.2 Å². The lowest BCUT2D eigenvalue weighted by Gasteiger charge is -2.10. The molecule has 0 aliphatic carbocycles. The van der Waals surface area contributed by atoms with E-state index < -0.39 is 0 Å². The molecule has 3 rings (SSSR count). The van der Waals surface area contributed by atoms with Crippen molar-refractivity contribution in [3.63, 3.8) is 0 Å². The number of pyridine rings is 1. The average Bonchev–Trinajstić information content (AvgIpc) is 3.22. The first kappa shape index (κ1) is 22.7. The number of rotatable bonds is 12. The van der Waals surface area contributed by atoms with Crippen LogP contribution in [0.15, 0.2) is 54.9 Å². The van der Waals surface area contributed by atoms with E-state index in [1.54, 1.807) is 12.4 Å². The fourth-order valence-corrected chi connectivity index (χ4v) is 3.62. The van der Waals surface area contributed by atoms with E-state index in [-0.39, 0.29) is 5.91 Å². The van der Waals surface area contributed by atoms with E-state index in [4.69, 9.17) is 4.74 Å². The van der Waals surface area contributed by atoms with Crippen LogP contribution in [0.2, 0.25) is 0 Å². The highest BCUT2D eigenvalue weighted by atomic mass is 32.1. The SMILES string of the molecule is CC(C)NCCNC(=O)CCc1cnc(Nc2ncccc2OCc2ccccc2)s1. The molecule has 0 radical (unpaired) electrons. The van der Waals surface area contributed by atoms with Crippen molar-refractivity contribution < 1.29 is 9.53 Å². The van der Waals surface area contributed by atoms with Crippen LogP contribution in [-0.2, 0) is 17.8 Å². The molecule has 0 saturated carbocycles. The second-order valence-corrected chi connectivity index (χ2v) is 8.46. The van der Waals surface area contributed by atoms with Crippen LogP contribution in [0.5, 0.6) is 5.75 Å². The summed E-state index contributed by atoms with van der Waals surface area (Å²) in [6.07, 6.45) is 4.61. The van der Waals surface area contributed by atoms with E-state index in [1.807, 2.05) is 42.5 Å². The van der Waals surface area contributed by atoms with Gasteiger partial charge >= 0.3 is 0 Å². The number of nitrogens with zero attached hydrogens (tertiary/aromatic N) is 2. The number of amides is 1. The Morgan fingerprint density at radius 2 is 1.94 bits per heavy atom. The number of carbonyl (C=O) groups excluding carboxylic acids is 1. The largest absolute Gasteiger partial charge is 0.485 e. The van der Waals surface area contributed by atoms with Gasteiger partial charge in [-0.3, -0.25) is 4.79 Å². The maximum Gasteiger partial charge on any atom is 0.220 e. The van der Waals surface area contributed by atoms with Crippen LogP contribution in [0.1, 0.15) is 30.7 Å². The van der Waals surface area contributed by atoms with Crippen LogP contribution >= 0.6 is 11.3 Å². The van der Waals surface area contributed by atoms with Gasteiger partial charge in [-0.25, -0.2) is 9.97 Å². The Balaban J connectivity index is 1.48. The smallest absolute Gasteiger partial charge is 0.220 e. The monoisotopic (exact) mass is 439 g/mol. The second kappa shape index (κ2) is 12.0. The van der Waals surface area contributed by atoms with Gasteiger partial charge in [0, 0.05) is 42.8 Å². The molecule has 0 unspecified atom stereocenters. The van der Waals surface area contributed by atoms with Gasteiger partial charge in [0.05, 0.1) is 0 Å². The van der Waals surface area contributed by atoms with Gasteiger partial charge in [-0.15, -0.1) is 11.3 Å². The number of thiazole rings is 1. The highest BCUT2D eigenvalue weighted by Crippen LogP contribution is 2.28. The summed E-state index contributed by atoms with van der Waals surface area (Å²) in [6.45, 7) is 6.04. The van der Waals surface area contributed by atoms with Crippen molar-refractivity contribution in [2.45, 2.75) is 39.3 Å². The van der Waals surface area contributed by atoms with Gasteiger partial charge in [0.25, 0.3) is 0 Å². The predicted molar refractivity (Wildman–Crippen MR) is 125 cm³/mol. The van der Waals surface area contributed by atoms with Crippen LogP contribution in [0.25, 0.3) is 0 Å². The van der Waals surface area contributed by atoms with Gasteiger partial charge in [0.15, 0.2) is 16.7 Å². The molecule has 2 aromatic heterocycles. The Morgan fingerprint density at radius 1 is 1.10 bits per heavy atom. The number of anilines is 2. The highest BCUT2D eigenvalue weighted by molar-refractivity contribution is 7.15. The predicted octanol–water partition coefficient (Wildman–Crippen LogP) is 3.91. The first-order chi connectivity index (χ1) is 15.1. The summed E-state index contributed by atoms with van der Waals surface area (Å²) < 4.78 is 5.94. The van der Waals surface area contributed by atoms with Crippen LogP contribution < -0.4 is 20.7 Å². The van der Waals surface area contributed by atoms with E-state index in [9.17, 15) is 4.79 Å². The van der Waals surface area contributed by atoms with Crippen molar-refractivity contribution in [3.8, 4) is 5.75 Å². The highest BCUT2D eigenvalue weighted by Gasteiger charge is 2.10. The summed E-state index contributed by atoms with van der Waals surface area (Å²) in [4.78, 5) is 21.8. The van der Waals surface area contributed by atoms with Gasteiger partial charge in [-0.05, 0) is 24.1 Å². The van der Waals surface area contributed by atoms with Crippen molar-refractivity contribution in [1.82, 2.24) is 20.6 Å². The molecule has 7 nitrogen and oxygen atoms in total. The molecule has 164 valence electrons. The normalized spacial score (nSPS) is 10.8. The summed E-state index contributed by atoms with van der Waals surface area (Å²) in [5.74, 6) is 1.34. The maximum absolute atomic E-state index is 12.0. The number of hydrogen-bond acceptors (Lipinski definition) is 7. The number of ether oxygens (including phenoxy) is 1. The summed E-state index contributed by atoms with van der Waals surface area (Å²) >= 11 is 1.52. The van der Waals surface area contributed by atoms with Crippen molar-refractivity contribution in [2.75, 3.05) is 18.4 Å². The molecular formula is C23H29N5O2S. The second-order valence-electron chi connectivity index (χ2n) is 7.34. The van der Waals surface area contributed by atoms with E-state index in [1.165, 1.54) is 11.3 Å². The molecule has 0 fully saturated rings. The molecule has 31 heavy (non-hydrogen) atoms. The van der Waals surface area contributed by atoms with Crippen molar-refractivity contribution in [2.24, 2.45) is 0 Å². The fraction of sp³-hybridized carbons (Fsp3) is 0.348. The van der Waals surface area contributed by atoms with Crippen molar-refractivity contribution in [3.05, 3.63) is 65.3 Å². The van der Waals surface area contributed by atoms with E-state index in [2.05, 4.69) is 39.8 Å². The summed E-state index contributed by atoms with van der Waals surface area (Å²) in [7, 11) is 0. The third-order valence-electron chi connectivity index (χ3n) is 4.38. The molecule has 2 heterocycles. The molecular weight excluding hydrogens is 410 g/mol. The zero-order chi connectivity index (χ0) is 21.9. The quantitative estimate of drug-likeness (QED) is 0.371. The Morgan fingerprint density at radius 3 is 2.74 bits per heavy atom. The molecule has 0 atom stereocenters. The Labute approximate surface area is 187 Å². The van der Waals surface area contributed by atoms with Gasteiger partial charge in [0.1, 0.15) is 6.61 Å². The van der Waals surface area contributed by atoms with Crippen molar-refractivity contribution in [1.29, 1.82) is 0 Å². The van der Waals surface area contributed by atoms with E-state index in [0.29, 0.717) is 43.6 Å². The number of hydrogen-bond donors (Lipinski definition) is 3. The number of aryl methyl sites for hydroxylation is 1. The lowest BCUT2D eigenvalue weighted by Crippen LogP contribution is -2.34. The average molecular weight is 440 g/mol. The van der Waals surface area contributed by atoms with Gasteiger partial charge < -0.3 is 20.7 Å². The Bertz CT molecular complexity index is 946. The van der Waals surface area contributed by atoms with Crippen LogP contribution in [-0.4, -0.2) is 35.0 Å². The standard InChI is InChI=1S/C23H29N5O2S/c1-17(2)24-13-14-25-21(29)11-10-19-15-27-23(31-19)28-22-20(9-6-12-26-22)30-16-18-7-4-3-5-8-18/h3-9,12,15,17,24H,10-11,13-14,16H2,1-2H3,(H,25,29)(H,26,27,28). The number of carbonyl (C=O) groups is 1. The Hall–Kier alpha value is -2.97. The minimum absolute atomic E-state index is 0.0507. The molecule has 0 aliphatic heterocycles. The topological polar surface area (TPSA) is 88.2 Å². The van der Waals surface area contributed by atoms with E-state index >= 15 is 0 Å². The number of aromatic nitrogens is 2. The zero-order valence-electron chi connectivity index (χ0n) is 17.9. The molecule has 0 aliphatic rings. The van der Waals surface area contributed by atoms with E-state index in [0.717, 1.165) is 22.1 Å². The minimum Gasteiger partial charge on any atom is -0.485 e. The van der Waals surface area contributed by atoms with Crippen LogP contribution in [0, 0.1) is 0 Å². The zero-order valence-corrected chi connectivity index (χ0v) is 18.7. The molecule has 8 heteroatoms. The Kier molecular flexibility index (Phi) is 8.81. The first-order valence-corrected chi connectivity index (χ1v) is 11.3. The summed E-state index contributed by atoms with van der Waals surface area (Å²) in [6, 6.07) is 14.1. The summed E-state index contributed by atoms with van der Waals surface area (Å²) in [5.41, 5.74) is 1.09. The van der Waals surface area contributed by atoms with Crippen LogP contribution in [0.4, 0.5) is 10.9 Å². The maximum atomic E-state index is 12.0. The molecule has 0 spiro atoms. The molecule has 0 saturated heterocycles. The molecule has 3 aromatic rings. The molecule has 1 aromatic carbocycles. The first-order valence-electron chi connectivity index (χ1n) is 10.4. The van der Waals surface area contributed by atoms with Gasteiger partial charge in [-0.2, -0.15) is 0 Å². The number of nitrogens with one attached hydrogen (secondary N) is 3. The molecule has 0 bridgehead atoms. The molecule has 1 amide bonds. The fourth-order valence-electron chi connectivity index (χ4n) is 2.81. The minimum atomic E-state index is 0.0507. The summed E-state index contributed by atoms with van der Waals surface area (Å²) in [5, 5.41) is 10.2. The lowest BCUT2D eigenvalue weighted by atomic mass is 10.2. The van der Waals surface area contributed by atoms with Gasteiger partial charge in [0.2, 0.25) is 5.91 Å². The van der Waals surface area contributed by atoms with Crippen LogP contribution in [0.3, 0.4) is 0 Å². The van der Waals surface area contributed by atoms with Gasteiger partial charge in [-0.1, -0.05) is 44.2 Å². The third-order valence-corrected chi connectivity index (χ3v) is 5.36. The molecule has 3 N–H and O–H groups in total. The lowest BCUT2D eigenvalue weighted by molar-refractivity contribution is -0.121. The third kappa shape index (κ3) is 7.99.